The highest BCUT2D eigenvalue weighted by molar-refractivity contribution is 7.80. The molecule has 1 aromatic carbocycles. The maximum atomic E-state index is 11.5. The van der Waals surface area contributed by atoms with Crippen LogP contribution in [0.4, 0.5) is 0 Å². The first-order valence-corrected chi connectivity index (χ1v) is 10.8. The van der Waals surface area contributed by atoms with Crippen LogP contribution >= 0.6 is 12.2 Å². The van der Waals surface area contributed by atoms with E-state index in [0.29, 0.717) is 34.7 Å². The van der Waals surface area contributed by atoms with E-state index < -0.39 is 11.9 Å². The predicted octanol–water partition coefficient (Wildman–Crippen LogP) is 4.37. The van der Waals surface area contributed by atoms with Crippen LogP contribution in [0.3, 0.4) is 0 Å². The lowest BCUT2D eigenvalue weighted by atomic mass is 10.0. The smallest absolute Gasteiger partial charge is 0.335 e. The molecule has 3 heterocycles. The van der Waals surface area contributed by atoms with Gasteiger partial charge in [0.1, 0.15) is 17.6 Å². The average Bonchev–Trinajstić information content (AvgIpc) is 3.39. The van der Waals surface area contributed by atoms with Gasteiger partial charge in [0.25, 0.3) is 0 Å². The molecule has 0 spiro atoms. The topological polar surface area (TPSA) is 116 Å². The van der Waals surface area contributed by atoms with Crippen LogP contribution in [0, 0.1) is 5.92 Å². The second-order valence-corrected chi connectivity index (χ2v) is 8.67. The number of thiocarbonyl (C=S) groups is 1. The van der Waals surface area contributed by atoms with Crippen LogP contribution in [0.2, 0.25) is 0 Å². The van der Waals surface area contributed by atoms with Crippen molar-refractivity contribution in [3.05, 3.63) is 77.3 Å². The summed E-state index contributed by atoms with van der Waals surface area (Å²) in [6.45, 7) is 4.91. The number of hydrogen-bond donors (Lipinski definition) is 3. The molecule has 0 unspecified atom stereocenters. The minimum atomic E-state index is -1.21. The Balaban J connectivity index is 1.77. The molecule has 0 bridgehead atoms. The molecule has 9 heteroatoms. The van der Waals surface area contributed by atoms with Gasteiger partial charge in [0.05, 0.1) is 22.9 Å². The number of rotatable bonds is 7. The molecule has 0 amide bonds. The van der Waals surface area contributed by atoms with Crippen molar-refractivity contribution in [3.8, 4) is 11.3 Å². The van der Waals surface area contributed by atoms with Crippen LogP contribution in [-0.2, 0) is 0 Å². The Kier molecular flexibility index (Phi) is 6.15. The molecule has 4 rings (SSSR count). The highest BCUT2D eigenvalue weighted by Crippen LogP contribution is 2.40. The lowest BCUT2D eigenvalue weighted by Crippen LogP contribution is -2.32. The molecule has 3 N–H and O–H groups in total. The van der Waals surface area contributed by atoms with Crippen LogP contribution in [-0.4, -0.2) is 43.7 Å². The van der Waals surface area contributed by atoms with Gasteiger partial charge in [0, 0.05) is 18.3 Å². The molecule has 1 saturated heterocycles. The number of aromatic nitrogens is 1. The summed E-state index contributed by atoms with van der Waals surface area (Å²) in [5.74, 6) is -1.09. The summed E-state index contributed by atoms with van der Waals surface area (Å²) in [5.41, 5.74) is 0.936. The van der Waals surface area contributed by atoms with E-state index in [1.54, 1.807) is 12.3 Å². The van der Waals surface area contributed by atoms with Gasteiger partial charge in [-0.1, -0.05) is 19.9 Å². The minimum absolute atomic E-state index is 0.126. The second-order valence-electron chi connectivity index (χ2n) is 8.28. The van der Waals surface area contributed by atoms with Crippen LogP contribution in [0.1, 0.15) is 58.1 Å². The second kappa shape index (κ2) is 9.03. The van der Waals surface area contributed by atoms with Gasteiger partial charge in [0.2, 0.25) is 0 Å². The fraction of sp³-hybridized carbons (Fsp3) is 0.250. The maximum absolute atomic E-state index is 11.5. The average molecular weight is 466 g/mol. The maximum Gasteiger partial charge on any atom is 0.335 e. The van der Waals surface area contributed by atoms with Crippen molar-refractivity contribution in [3.63, 3.8) is 0 Å². The molecule has 3 aromatic rings. The summed E-state index contributed by atoms with van der Waals surface area (Å²) >= 11 is 5.62. The molecule has 170 valence electrons. The zero-order valence-corrected chi connectivity index (χ0v) is 18.9. The number of carboxylic acid groups (broad SMARTS) is 2. The molecular formula is C24H23N3O5S. The Morgan fingerprint density at radius 1 is 1.12 bits per heavy atom. The first kappa shape index (κ1) is 22.5. The van der Waals surface area contributed by atoms with Crippen molar-refractivity contribution in [2.24, 2.45) is 5.92 Å². The van der Waals surface area contributed by atoms with Crippen molar-refractivity contribution in [2.75, 3.05) is 6.54 Å². The van der Waals surface area contributed by atoms with Gasteiger partial charge in [0.15, 0.2) is 5.11 Å². The highest BCUT2D eigenvalue weighted by atomic mass is 32.1. The zero-order chi connectivity index (χ0) is 23.7. The predicted molar refractivity (Wildman–Crippen MR) is 125 cm³/mol. The molecule has 2 atom stereocenters. The molecule has 33 heavy (non-hydrogen) atoms. The summed E-state index contributed by atoms with van der Waals surface area (Å²) in [5, 5.41) is 22.7. The molecule has 1 fully saturated rings. The van der Waals surface area contributed by atoms with E-state index in [0.717, 1.165) is 11.8 Å². The summed E-state index contributed by atoms with van der Waals surface area (Å²) in [7, 11) is 0. The monoisotopic (exact) mass is 465 g/mol. The summed E-state index contributed by atoms with van der Waals surface area (Å²) in [6, 6.07) is 12.6. The van der Waals surface area contributed by atoms with E-state index in [2.05, 4.69) is 29.0 Å². The number of pyridine rings is 1. The molecule has 2 aromatic heterocycles. The van der Waals surface area contributed by atoms with Gasteiger partial charge in [-0.3, -0.25) is 4.98 Å². The van der Waals surface area contributed by atoms with E-state index in [-0.39, 0.29) is 23.2 Å². The summed E-state index contributed by atoms with van der Waals surface area (Å²) in [6.07, 6.45) is 1.72. The Labute approximate surface area is 195 Å². The third-order valence-electron chi connectivity index (χ3n) is 5.39. The highest BCUT2D eigenvalue weighted by Gasteiger charge is 2.41. The fourth-order valence-corrected chi connectivity index (χ4v) is 4.30. The third-order valence-corrected chi connectivity index (χ3v) is 5.74. The number of aromatic carboxylic acids is 2. The number of furan rings is 1. The third kappa shape index (κ3) is 4.58. The van der Waals surface area contributed by atoms with Crippen LogP contribution in [0.25, 0.3) is 11.3 Å². The van der Waals surface area contributed by atoms with Gasteiger partial charge in [-0.15, -0.1) is 0 Å². The zero-order valence-electron chi connectivity index (χ0n) is 18.1. The molecular weight excluding hydrogens is 442 g/mol. The normalized spacial score (nSPS) is 17.9. The lowest BCUT2D eigenvalue weighted by molar-refractivity contribution is 0.0696. The van der Waals surface area contributed by atoms with Gasteiger partial charge in [-0.2, -0.15) is 0 Å². The van der Waals surface area contributed by atoms with Crippen molar-refractivity contribution < 1.29 is 24.2 Å². The van der Waals surface area contributed by atoms with Crippen molar-refractivity contribution in [1.82, 2.24) is 15.2 Å². The van der Waals surface area contributed by atoms with Gasteiger partial charge < -0.3 is 24.8 Å². The number of benzene rings is 1. The van der Waals surface area contributed by atoms with E-state index in [9.17, 15) is 19.8 Å². The number of carbonyl (C=O) groups is 2. The number of hydrogen-bond acceptors (Lipinski definition) is 5. The number of carboxylic acids is 2. The van der Waals surface area contributed by atoms with E-state index in [1.807, 2.05) is 24.3 Å². The van der Waals surface area contributed by atoms with E-state index in [4.69, 9.17) is 16.6 Å². The molecule has 1 aliphatic heterocycles. The Hall–Kier alpha value is -3.72. The minimum Gasteiger partial charge on any atom is -0.478 e. The molecule has 1 aliphatic rings. The lowest BCUT2D eigenvalue weighted by Gasteiger charge is -2.27. The van der Waals surface area contributed by atoms with Crippen molar-refractivity contribution >= 4 is 29.3 Å². The van der Waals surface area contributed by atoms with Crippen molar-refractivity contribution in [1.29, 1.82) is 0 Å². The quantitative estimate of drug-likeness (QED) is 0.438. The largest absolute Gasteiger partial charge is 0.478 e. The Morgan fingerprint density at radius 2 is 1.82 bits per heavy atom. The van der Waals surface area contributed by atoms with Crippen LogP contribution in [0.5, 0.6) is 0 Å². The SMILES string of the molecule is CC(C)CN1C(=S)N[C@@H](c2ccccn2)[C@H]1c1ccc(-c2cc(C(=O)O)cc(C(=O)O)c2)o1. The standard InChI is InChI=1S/C24H23N3O5S/c1-13(2)12-27-21(20(26-24(27)33)17-5-3-4-8-25-17)19-7-6-18(32-19)14-9-15(22(28)29)11-16(10-14)23(30)31/h3-11,13,20-21H,12H2,1-2H3,(H,26,33)(H,28,29)(H,30,31)/t20-,21+/m0/s1. The first-order chi connectivity index (χ1) is 15.7. The molecule has 0 saturated carbocycles. The fourth-order valence-electron chi connectivity index (χ4n) is 3.99. The molecule has 0 radical (unpaired) electrons. The molecule has 0 aliphatic carbocycles. The van der Waals surface area contributed by atoms with Crippen molar-refractivity contribution in [2.45, 2.75) is 25.9 Å². The first-order valence-electron chi connectivity index (χ1n) is 10.4. The van der Waals surface area contributed by atoms with Gasteiger partial charge in [-0.25, -0.2) is 9.59 Å². The number of nitrogens with zero attached hydrogens (tertiary/aromatic N) is 2. The summed E-state index contributed by atoms with van der Waals surface area (Å²) < 4.78 is 6.18. The van der Waals surface area contributed by atoms with E-state index >= 15 is 0 Å². The van der Waals surface area contributed by atoms with Gasteiger partial charge in [-0.05, 0) is 60.6 Å². The summed E-state index contributed by atoms with van der Waals surface area (Å²) in [4.78, 5) is 29.5. The van der Waals surface area contributed by atoms with Gasteiger partial charge >= 0.3 is 11.9 Å². The van der Waals surface area contributed by atoms with Crippen LogP contribution in [0.15, 0.2) is 59.1 Å². The Bertz CT molecular complexity index is 1180. The Morgan fingerprint density at radius 3 is 2.39 bits per heavy atom. The van der Waals surface area contributed by atoms with E-state index in [1.165, 1.54) is 12.1 Å². The van der Waals surface area contributed by atoms with Crippen LogP contribution < -0.4 is 5.32 Å². The number of nitrogens with one attached hydrogen (secondary N) is 1. The molecule has 8 nitrogen and oxygen atoms in total.